The number of nitrogens with zero attached hydrogens (tertiary/aromatic N) is 4. The number of nitrogen functional groups attached to an aromatic ring is 1. The minimum Gasteiger partial charge on any atom is -0.394 e. The van der Waals surface area contributed by atoms with E-state index in [9.17, 15) is 20.4 Å². The topological polar surface area (TPSA) is 160 Å². The second-order valence-corrected chi connectivity index (χ2v) is 4.82. The summed E-state index contributed by atoms with van der Waals surface area (Å²) in [6.45, 7) is -1.17. The predicted octanol–water partition coefficient (Wildman–Crippen LogP) is -2.83. The summed E-state index contributed by atoms with van der Waals surface area (Å²) in [7, 11) is 0. The Balaban J connectivity index is 2.17. The number of aliphatic hydroxyl groups excluding tert-OH is 4. The Hall–Kier alpha value is -1.85. The highest BCUT2D eigenvalue weighted by Gasteiger charge is 2.55. The monoisotopic (exact) mass is 297 g/mol. The molecule has 3 rings (SSSR count). The van der Waals surface area contributed by atoms with Crippen molar-refractivity contribution in [1.29, 1.82) is 0 Å². The van der Waals surface area contributed by atoms with Gasteiger partial charge in [0.2, 0.25) is 0 Å². The van der Waals surface area contributed by atoms with Crippen molar-refractivity contribution in [1.82, 2.24) is 19.5 Å². The van der Waals surface area contributed by atoms with E-state index >= 15 is 0 Å². The number of fused-ring (bicyclic) bond motifs is 1. The highest BCUT2D eigenvalue weighted by molar-refractivity contribution is 5.81. The van der Waals surface area contributed by atoms with Gasteiger partial charge in [-0.3, -0.25) is 4.57 Å². The van der Waals surface area contributed by atoms with Crippen LogP contribution in [-0.2, 0) is 10.5 Å². The molecule has 0 amide bonds. The smallest absolute Gasteiger partial charge is 0.199 e. The lowest BCUT2D eigenvalue weighted by Gasteiger charge is -2.31. The minimum absolute atomic E-state index is 0.138. The summed E-state index contributed by atoms with van der Waals surface area (Å²) in [4.78, 5) is 11.8. The molecule has 4 atom stereocenters. The van der Waals surface area contributed by atoms with Gasteiger partial charge in [-0.05, 0) is 0 Å². The van der Waals surface area contributed by atoms with E-state index in [1.165, 1.54) is 17.2 Å². The summed E-state index contributed by atoms with van der Waals surface area (Å²) in [5.41, 5.74) is 4.50. The molecule has 1 aliphatic heterocycles. The molecular weight excluding hydrogens is 282 g/mol. The molecule has 1 fully saturated rings. The summed E-state index contributed by atoms with van der Waals surface area (Å²) in [6.07, 6.45) is -1.39. The SMILES string of the molecule is Nc1ncnc2c1ncn2[C@@]1(CO)O[C@H](CO)[C@H](O)[C@@H]1O. The fourth-order valence-electron chi connectivity index (χ4n) is 2.55. The molecule has 0 unspecified atom stereocenters. The maximum Gasteiger partial charge on any atom is 0.199 e. The number of hydrogen-bond donors (Lipinski definition) is 5. The van der Waals surface area contributed by atoms with Gasteiger partial charge in [0.1, 0.15) is 30.2 Å². The van der Waals surface area contributed by atoms with Gasteiger partial charge < -0.3 is 30.9 Å². The summed E-state index contributed by atoms with van der Waals surface area (Å²) in [5.74, 6) is 0.138. The molecule has 2 aromatic rings. The Labute approximate surface area is 118 Å². The van der Waals surface area contributed by atoms with Gasteiger partial charge in [0.25, 0.3) is 0 Å². The normalized spacial score (nSPS) is 32.9. The van der Waals surface area contributed by atoms with Crippen LogP contribution in [0.3, 0.4) is 0 Å². The number of aliphatic hydroxyl groups is 4. The zero-order valence-electron chi connectivity index (χ0n) is 10.9. The third-order valence-electron chi connectivity index (χ3n) is 3.70. The molecule has 0 saturated carbocycles. The number of ether oxygens (including phenoxy) is 1. The molecule has 10 nitrogen and oxygen atoms in total. The minimum atomic E-state index is -1.71. The first-order valence-electron chi connectivity index (χ1n) is 6.25. The zero-order valence-corrected chi connectivity index (χ0v) is 10.9. The van der Waals surface area contributed by atoms with Crippen molar-refractivity contribution >= 4 is 17.0 Å². The first kappa shape index (κ1) is 14.1. The van der Waals surface area contributed by atoms with Crippen LogP contribution in [0.4, 0.5) is 5.82 Å². The Morgan fingerprint density at radius 1 is 1.29 bits per heavy atom. The van der Waals surface area contributed by atoms with Crippen molar-refractivity contribution in [3.63, 3.8) is 0 Å². The fraction of sp³-hybridized carbons (Fsp3) is 0.545. The molecule has 0 spiro atoms. The van der Waals surface area contributed by atoms with Crippen LogP contribution >= 0.6 is 0 Å². The van der Waals surface area contributed by atoms with E-state index in [2.05, 4.69) is 15.0 Å². The van der Waals surface area contributed by atoms with E-state index in [0.29, 0.717) is 0 Å². The van der Waals surface area contributed by atoms with Crippen LogP contribution in [0.5, 0.6) is 0 Å². The van der Waals surface area contributed by atoms with E-state index in [1.54, 1.807) is 0 Å². The van der Waals surface area contributed by atoms with E-state index in [4.69, 9.17) is 10.5 Å². The van der Waals surface area contributed by atoms with Crippen molar-refractivity contribution in [3.05, 3.63) is 12.7 Å². The molecular formula is C11H15N5O5. The van der Waals surface area contributed by atoms with E-state index < -0.39 is 37.3 Å². The summed E-state index contributed by atoms with van der Waals surface area (Å²) >= 11 is 0. The predicted molar refractivity (Wildman–Crippen MR) is 68.8 cm³/mol. The van der Waals surface area contributed by atoms with Crippen LogP contribution in [0.15, 0.2) is 12.7 Å². The third-order valence-corrected chi connectivity index (χ3v) is 3.70. The molecule has 1 aliphatic rings. The van der Waals surface area contributed by atoms with Gasteiger partial charge in [0.15, 0.2) is 17.2 Å². The molecule has 114 valence electrons. The lowest BCUT2D eigenvalue weighted by atomic mass is 10.0. The Morgan fingerprint density at radius 3 is 2.67 bits per heavy atom. The average Bonchev–Trinajstić information content (AvgIpc) is 3.03. The van der Waals surface area contributed by atoms with E-state index in [-0.39, 0.29) is 17.0 Å². The van der Waals surface area contributed by atoms with E-state index in [1.807, 2.05) is 0 Å². The second kappa shape index (κ2) is 4.86. The van der Waals surface area contributed by atoms with Crippen molar-refractivity contribution in [2.24, 2.45) is 0 Å². The molecule has 0 radical (unpaired) electrons. The largest absolute Gasteiger partial charge is 0.394 e. The number of hydrogen-bond acceptors (Lipinski definition) is 9. The van der Waals surface area contributed by atoms with Crippen LogP contribution in [-0.4, -0.2) is 71.5 Å². The summed E-state index contributed by atoms with van der Waals surface area (Å²) < 4.78 is 6.77. The summed E-state index contributed by atoms with van der Waals surface area (Å²) in [5, 5.41) is 39.1. The molecule has 10 heteroatoms. The first-order chi connectivity index (χ1) is 10.0. The zero-order chi connectivity index (χ0) is 15.2. The van der Waals surface area contributed by atoms with Crippen LogP contribution in [0.25, 0.3) is 11.2 Å². The fourth-order valence-corrected chi connectivity index (χ4v) is 2.55. The molecule has 3 heterocycles. The van der Waals surface area contributed by atoms with Gasteiger partial charge in [-0.15, -0.1) is 0 Å². The van der Waals surface area contributed by atoms with Crippen LogP contribution in [0, 0.1) is 0 Å². The average molecular weight is 297 g/mol. The van der Waals surface area contributed by atoms with Crippen LogP contribution < -0.4 is 5.73 Å². The molecule has 0 bridgehead atoms. The van der Waals surface area contributed by atoms with Gasteiger partial charge in [-0.2, -0.15) is 0 Å². The number of nitrogens with two attached hydrogens (primary N) is 1. The summed E-state index contributed by atoms with van der Waals surface area (Å²) in [6, 6.07) is 0. The first-order valence-corrected chi connectivity index (χ1v) is 6.25. The van der Waals surface area contributed by atoms with Crippen LogP contribution in [0.2, 0.25) is 0 Å². The number of anilines is 1. The Bertz CT molecular complexity index is 663. The van der Waals surface area contributed by atoms with Crippen LogP contribution in [0.1, 0.15) is 0 Å². The molecule has 0 aliphatic carbocycles. The van der Waals surface area contributed by atoms with Crippen molar-refractivity contribution in [2.45, 2.75) is 24.0 Å². The van der Waals surface area contributed by atoms with Gasteiger partial charge in [-0.1, -0.05) is 0 Å². The van der Waals surface area contributed by atoms with Gasteiger partial charge in [0, 0.05) is 0 Å². The number of aromatic nitrogens is 4. The molecule has 0 aromatic carbocycles. The van der Waals surface area contributed by atoms with Gasteiger partial charge in [-0.25, -0.2) is 15.0 Å². The van der Waals surface area contributed by atoms with Gasteiger partial charge >= 0.3 is 0 Å². The lowest BCUT2D eigenvalue weighted by molar-refractivity contribution is -0.169. The van der Waals surface area contributed by atoms with E-state index in [0.717, 1.165) is 0 Å². The maximum absolute atomic E-state index is 10.2. The second-order valence-electron chi connectivity index (χ2n) is 4.82. The van der Waals surface area contributed by atoms with Crippen molar-refractivity contribution in [3.8, 4) is 0 Å². The third kappa shape index (κ3) is 1.81. The van der Waals surface area contributed by atoms with Gasteiger partial charge in [0.05, 0.1) is 19.5 Å². The quantitative estimate of drug-likeness (QED) is 0.402. The highest BCUT2D eigenvalue weighted by atomic mass is 16.6. The standard InChI is InChI=1S/C11H15N5O5/c12-9-6-10(14-3-13-9)16(4-15-6)11(2-18)8(20)7(19)5(1-17)21-11/h3-5,7-8,17-20H,1-2H2,(H2,12,13,14)/t5-,7+,8+,11+/m1/s1. The highest BCUT2D eigenvalue weighted by Crippen LogP contribution is 2.37. The van der Waals surface area contributed by atoms with Crippen molar-refractivity contribution < 1.29 is 25.2 Å². The maximum atomic E-state index is 10.2. The van der Waals surface area contributed by atoms with Crippen molar-refractivity contribution in [2.75, 3.05) is 18.9 Å². The molecule has 6 N–H and O–H groups in total. The molecule has 21 heavy (non-hydrogen) atoms. The Morgan fingerprint density at radius 2 is 2.05 bits per heavy atom. The number of imidazole rings is 1. The molecule has 1 saturated heterocycles. The molecule has 2 aromatic heterocycles. The lowest BCUT2D eigenvalue weighted by Crippen LogP contribution is -2.48. The Kier molecular flexibility index (Phi) is 3.26. The number of rotatable bonds is 3.